The maximum atomic E-state index is 13.1. The average molecular weight is 453 g/mol. The molecule has 1 fully saturated rings. The van der Waals surface area contributed by atoms with Crippen molar-refractivity contribution in [3.05, 3.63) is 58.7 Å². The summed E-state index contributed by atoms with van der Waals surface area (Å²) >= 11 is 6.00. The highest BCUT2D eigenvalue weighted by Gasteiger charge is 2.53. The number of aromatic nitrogens is 2. The lowest BCUT2D eigenvalue weighted by Crippen LogP contribution is -2.58. The molecule has 0 N–H and O–H groups in total. The molecule has 0 saturated carbocycles. The number of carbonyl (C=O) groups excluding carboxylic acids is 2. The molecule has 0 spiro atoms. The average Bonchev–Trinajstić information content (AvgIpc) is 2.73. The van der Waals surface area contributed by atoms with E-state index in [1.807, 2.05) is 13.0 Å². The maximum absolute atomic E-state index is 13.1. The molecule has 2 aromatic carbocycles. The van der Waals surface area contributed by atoms with Gasteiger partial charge in [-0.1, -0.05) is 24.6 Å². The van der Waals surface area contributed by atoms with E-state index < -0.39 is 17.1 Å². The lowest BCUT2D eigenvalue weighted by molar-refractivity contribution is -0.184. The van der Waals surface area contributed by atoms with Crippen LogP contribution in [0.25, 0.3) is 11.0 Å². The van der Waals surface area contributed by atoms with E-state index >= 15 is 0 Å². The highest BCUT2D eigenvalue weighted by Crippen LogP contribution is 2.40. The van der Waals surface area contributed by atoms with E-state index in [9.17, 15) is 9.59 Å². The predicted octanol–water partition coefficient (Wildman–Crippen LogP) is 5.45. The molecule has 6 nitrogen and oxygen atoms in total. The molecule has 166 valence electrons. The molecule has 0 aliphatic carbocycles. The number of aryl methyl sites for hydroxylation is 1. The number of hydrogen-bond donors (Lipinski definition) is 0. The van der Waals surface area contributed by atoms with Gasteiger partial charge in [0.15, 0.2) is 11.6 Å². The van der Waals surface area contributed by atoms with Crippen LogP contribution in [-0.2, 0) is 20.7 Å². The minimum absolute atomic E-state index is 0.232. The van der Waals surface area contributed by atoms with E-state index in [1.54, 1.807) is 58.0 Å². The first-order valence-electron chi connectivity index (χ1n) is 10.5. The fourth-order valence-electron chi connectivity index (χ4n) is 4.21. The third kappa shape index (κ3) is 4.00. The number of fused-ring (bicyclic) bond motifs is 1. The number of nitrogens with zero attached hydrogens (tertiary/aromatic N) is 2. The number of Topliss-reactive ketones (excluding diaryl/α,β-unsaturated/α-hetero) is 2. The van der Waals surface area contributed by atoms with Crippen molar-refractivity contribution in [1.29, 1.82) is 0 Å². The SMILES string of the molecule is CCc1cc(Oc2cnc3cc(Cl)ccc3n2)ccc1C1C(=O)C(C)(C)OC(C)(C)C1=O. The first-order valence-corrected chi connectivity index (χ1v) is 10.9. The quantitative estimate of drug-likeness (QED) is 0.490. The second-order valence-electron chi connectivity index (χ2n) is 8.94. The Morgan fingerprint density at radius 3 is 2.34 bits per heavy atom. The Kier molecular flexibility index (Phi) is 5.55. The second-order valence-corrected chi connectivity index (χ2v) is 9.38. The Labute approximate surface area is 191 Å². The molecular formula is C25H25ClN2O4. The van der Waals surface area contributed by atoms with E-state index in [0.717, 1.165) is 5.56 Å². The third-order valence-corrected chi connectivity index (χ3v) is 5.97. The number of benzene rings is 2. The highest BCUT2D eigenvalue weighted by molar-refractivity contribution is 6.31. The van der Waals surface area contributed by atoms with Gasteiger partial charge < -0.3 is 9.47 Å². The summed E-state index contributed by atoms with van der Waals surface area (Å²) in [6, 6.07) is 10.7. The summed E-state index contributed by atoms with van der Waals surface area (Å²) in [5, 5.41) is 0.590. The predicted molar refractivity (Wildman–Crippen MR) is 122 cm³/mol. The summed E-state index contributed by atoms with van der Waals surface area (Å²) in [4.78, 5) is 35.1. The first kappa shape index (κ1) is 22.4. The first-order chi connectivity index (χ1) is 15.0. The monoisotopic (exact) mass is 452 g/mol. The zero-order valence-electron chi connectivity index (χ0n) is 18.7. The van der Waals surface area contributed by atoms with Gasteiger partial charge in [-0.3, -0.25) is 9.59 Å². The van der Waals surface area contributed by atoms with Crippen molar-refractivity contribution in [3.63, 3.8) is 0 Å². The highest BCUT2D eigenvalue weighted by atomic mass is 35.5. The van der Waals surface area contributed by atoms with Crippen LogP contribution in [0, 0.1) is 0 Å². The zero-order chi connectivity index (χ0) is 23.3. The molecule has 1 aliphatic rings. The molecule has 0 unspecified atom stereocenters. The Bertz CT molecular complexity index is 1210. The lowest BCUT2D eigenvalue weighted by atomic mass is 9.74. The van der Waals surface area contributed by atoms with Gasteiger partial charge in [-0.15, -0.1) is 0 Å². The summed E-state index contributed by atoms with van der Waals surface area (Å²) in [6.45, 7) is 8.83. The minimum Gasteiger partial charge on any atom is -0.437 e. The van der Waals surface area contributed by atoms with Crippen LogP contribution in [-0.4, -0.2) is 32.7 Å². The molecule has 4 rings (SSSR count). The van der Waals surface area contributed by atoms with Gasteiger partial charge in [0.1, 0.15) is 22.9 Å². The van der Waals surface area contributed by atoms with Crippen molar-refractivity contribution in [1.82, 2.24) is 9.97 Å². The molecule has 3 aromatic rings. The van der Waals surface area contributed by atoms with Crippen molar-refractivity contribution >= 4 is 34.2 Å². The maximum Gasteiger partial charge on any atom is 0.238 e. The Morgan fingerprint density at radius 2 is 1.69 bits per heavy atom. The van der Waals surface area contributed by atoms with Gasteiger partial charge in [-0.2, -0.15) is 0 Å². The summed E-state index contributed by atoms with van der Waals surface area (Å²) in [6.07, 6.45) is 2.17. The number of halogens is 1. The standard InChI is InChI=1S/C25H25ClN2O4/c1-6-14-11-16(31-20-13-27-19-12-15(26)7-10-18(19)28-20)8-9-17(14)21-22(29)24(2,3)32-25(4,5)23(21)30/h7-13,21H,6H2,1-5H3. The minimum atomic E-state index is -1.05. The summed E-state index contributed by atoms with van der Waals surface area (Å²) in [7, 11) is 0. The second kappa shape index (κ2) is 7.94. The van der Waals surface area contributed by atoms with Gasteiger partial charge in [-0.25, -0.2) is 9.97 Å². The van der Waals surface area contributed by atoms with E-state index in [1.165, 1.54) is 6.20 Å². The number of carbonyl (C=O) groups is 2. The molecule has 0 atom stereocenters. The van der Waals surface area contributed by atoms with Crippen LogP contribution in [0.15, 0.2) is 42.6 Å². The fourth-order valence-corrected chi connectivity index (χ4v) is 4.37. The molecular weight excluding hydrogens is 428 g/mol. The molecule has 0 bridgehead atoms. The molecule has 7 heteroatoms. The van der Waals surface area contributed by atoms with Crippen LogP contribution in [0.5, 0.6) is 11.6 Å². The molecule has 2 heterocycles. The van der Waals surface area contributed by atoms with E-state index in [0.29, 0.717) is 39.7 Å². The van der Waals surface area contributed by atoms with Crippen LogP contribution < -0.4 is 4.74 Å². The smallest absolute Gasteiger partial charge is 0.238 e. The molecule has 0 radical (unpaired) electrons. The lowest BCUT2D eigenvalue weighted by Gasteiger charge is -2.43. The summed E-state index contributed by atoms with van der Waals surface area (Å²) in [5.74, 6) is -0.440. The Balaban J connectivity index is 1.68. The Morgan fingerprint density at radius 1 is 1.00 bits per heavy atom. The van der Waals surface area contributed by atoms with E-state index in [4.69, 9.17) is 21.1 Å². The van der Waals surface area contributed by atoms with Crippen LogP contribution in [0.2, 0.25) is 5.02 Å². The van der Waals surface area contributed by atoms with Crippen LogP contribution in [0.1, 0.15) is 51.7 Å². The third-order valence-electron chi connectivity index (χ3n) is 5.73. The van der Waals surface area contributed by atoms with Gasteiger partial charge in [0, 0.05) is 5.02 Å². The van der Waals surface area contributed by atoms with E-state index in [-0.39, 0.29) is 11.6 Å². The van der Waals surface area contributed by atoms with Gasteiger partial charge in [0.2, 0.25) is 5.88 Å². The normalized spacial score (nSPS) is 18.2. The zero-order valence-corrected chi connectivity index (χ0v) is 19.5. The van der Waals surface area contributed by atoms with Crippen molar-refractivity contribution in [2.45, 2.75) is 58.2 Å². The van der Waals surface area contributed by atoms with E-state index in [2.05, 4.69) is 9.97 Å². The molecule has 0 amide bonds. The van der Waals surface area contributed by atoms with Crippen LogP contribution in [0.3, 0.4) is 0 Å². The molecule has 1 aromatic heterocycles. The van der Waals surface area contributed by atoms with Gasteiger partial charge in [0.05, 0.1) is 17.2 Å². The number of rotatable bonds is 4. The van der Waals surface area contributed by atoms with Crippen molar-refractivity contribution < 1.29 is 19.1 Å². The topological polar surface area (TPSA) is 78.4 Å². The number of ketones is 2. The van der Waals surface area contributed by atoms with Gasteiger partial charge in [0.25, 0.3) is 0 Å². The van der Waals surface area contributed by atoms with Crippen molar-refractivity contribution in [3.8, 4) is 11.6 Å². The number of ether oxygens (including phenoxy) is 2. The Hall–Kier alpha value is -2.83. The number of hydrogen-bond acceptors (Lipinski definition) is 6. The van der Waals surface area contributed by atoms with Gasteiger partial charge >= 0.3 is 0 Å². The molecule has 1 saturated heterocycles. The van der Waals surface area contributed by atoms with Crippen molar-refractivity contribution in [2.24, 2.45) is 0 Å². The van der Waals surface area contributed by atoms with Gasteiger partial charge in [-0.05, 0) is 75.6 Å². The summed E-state index contributed by atoms with van der Waals surface area (Å²) in [5.41, 5.74) is 0.803. The fraction of sp³-hybridized carbons (Fsp3) is 0.360. The van der Waals surface area contributed by atoms with Crippen molar-refractivity contribution in [2.75, 3.05) is 0 Å². The summed E-state index contributed by atoms with van der Waals surface area (Å²) < 4.78 is 11.7. The molecule has 32 heavy (non-hydrogen) atoms. The largest absolute Gasteiger partial charge is 0.437 e. The van der Waals surface area contributed by atoms with Crippen LogP contribution in [0.4, 0.5) is 0 Å². The molecule has 1 aliphatic heterocycles. The van der Waals surface area contributed by atoms with Crippen LogP contribution >= 0.6 is 11.6 Å².